The van der Waals surface area contributed by atoms with Crippen molar-refractivity contribution in [3.8, 4) is 11.3 Å². The molecule has 146 valence electrons. The fraction of sp³-hybridized carbons (Fsp3) is 0.182. The number of nitrogens with one attached hydrogen (secondary N) is 1. The summed E-state index contributed by atoms with van der Waals surface area (Å²) in [5, 5.41) is 4.67. The molecule has 0 unspecified atom stereocenters. The number of hydrogen-bond donors (Lipinski definition) is 1. The zero-order valence-electron chi connectivity index (χ0n) is 15.5. The van der Waals surface area contributed by atoms with E-state index in [9.17, 15) is 4.79 Å². The van der Waals surface area contributed by atoms with Crippen LogP contribution in [0, 0.1) is 0 Å². The Hall–Kier alpha value is -2.83. The molecule has 4 aromatic rings. The second-order valence-electron chi connectivity index (χ2n) is 6.99. The van der Waals surface area contributed by atoms with Crippen LogP contribution in [0.4, 0.5) is 4.79 Å². The predicted octanol–water partition coefficient (Wildman–Crippen LogP) is 5.64. The van der Waals surface area contributed by atoms with E-state index < -0.39 is 0 Å². The van der Waals surface area contributed by atoms with E-state index >= 15 is 0 Å². The summed E-state index contributed by atoms with van der Waals surface area (Å²) in [5.74, 6) is 0. The number of benzene rings is 2. The van der Waals surface area contributed by atoms with E-state index in [4.69, 9.17) is 16.3 Å². The van der Waals surface area contributed by atoms with Crippen LogP contribution in [0.2, 0.25) is 5.02 Å². The van der Waals surface area contributed by atoms with E-state index in [0.717, 1.165) is 33.9 Å². The molecule has 0 aliphatic carbocycles. The Morgan fingerprint density at radius 3 is 2.90 bits per heavy atom. The first-order valence-electron chi connectivity index (χ1n) is 9.38. The molecule has 5 nitrogen and oxygen atoms in total. The van der Waals surface area contributed by atoms with Gasteiger partial charge >= 0.3 is 6.09 Å². The van der Waals surface area contributed by atoms with Gasteiger partial charge in [-0.2, -0.15) is 0 Å². The lowest BCUT2D eigenvalue weighted by Gasteiger charge is -2.26. The summed E-state index contributed by atoms with van der Waals surface area (Å²) in [5.41, 5.74) is 5.36. The number of H-pyrrole nitrogens is 1. The van der Waals surface area contributed by atoms with Crippen molar-refractivity contribution in [2.75, 3.05) is 6.54 Å². The van der Waals surface area contributed by atoms with Gasteiger partial charge in [-0.25, -0.2) is 9.78 Å². The summed E-state index contributed by atoms with van der Waals surface area (Å²) in [6.07, 6.45) is 0.518. The van der Waals surface area contributed by atoms with E-state index in [1.807, 2.05) is 41.8 Å². The van der Waals surface area contributed by atoms with Gasteiger partial charge in [0.1, 0.15) is 11.6 Å². The van der Waals surface area contributed by atoms with Crippen LogP contribution in [-0.2, 0) is 24.3 Å². The number of carbonyl (C=O) groups is 1. The number of aromatic amines is 1. The van der Waals surface area contributed by atoms with Gasteiger partial charge in [0.2, 0.25) is 0 Å². The van der Waals surface area contributed by atoms with Gasteiger partial charge in [-0.15, -0.1) is 11.3 Å². The molecule has 0 fully saturated rings. The molecule has 0 bridgehead atoms. The van der Waals surface area contributed by atoms with Crippen molar-refractivity contribution >= 4 is 39.9 Å². The maximum absolute atomic E-state index is 12.6. The topological polar surface area (TPSA) is 58.2 Å². The van der Waals surface area contributed by atoms with Crippen molar-refractivity contribution in [1.82, 2.24) is 14.9 Å². The van der Waals surface area contributed by atoms with E-state index in [1.54, 1.807) is 4.90 Å². The lowest BCUT2D eigenvalue weighted by Crippen LogP contribution is -2.36. The highest BCUT2D eigenvalue weighted by molar-refractivity contribution is 7.09. The third kappa shape index (κ3) is 3.61. The first kappa shape index (κ1) is 18.2. The van der Waals surface area contributed by atoms with Crippen LogP contribution in [0.15, 0.2) is 53.9 Å². The van der Waals surface area contributed by atoms with Crippen molar-refractivity contribution < 1.29 is 9.53 Å². The molecule has 0 spiro atoms. The summed E-state index contributed by atoms with van der Waals surface area (Å²) >= 11 is 7.42. The minimum absolute atomic E-state index is 0.174. The van der Waals surface area contributed by atoms with Crippen LogP contribution in [0.3, 0.4) is 0 Å². The number of rotatable bonds is 3. The Kier molecular flexibility index (Phi) is 4.73. The van der Waals surface area contributed by atoms with E-state index in [-0.39, 0.29) is 12.7 Å². The summed E-state index contributed by atoms with van der Waals surface area (Å²) < 4.78 is 5.52. The molecule has 2 aromatic carbocycles. The first-order chi connectivity index (χ1) is 14.2. The molecule has 7 heteroatoms. The van der Waals surface area contributed by atoms with Gasteiger partial charge < -0.3 is 14.6 Å². The highest BCUT2D eigenvalue weighted by Gasteiger charge is 2.25. The van der Waals surface area contributed by atoms with Crippen molar-refractivity contribution in [3.63, 3.8) is 0 Å². The molecule has 1 N–H and O–H groups in total. The molecule has 0 atom stereocenters. The number of nitrogens with zero attached hydrogens (tertiary/aromatic N) is 2. The predicted molar refractivity (Wildman–Crippen MR) is 115 cm³/mol. The summed E-state index contributed by atoms with van der Waals surface area (Å²) in [4.78, 5) is 22.3. The van der Waals surface area contributed by atoms with Gasteiger partial charge in [-0.1, -0.05) is 41.9 Å². The first-order valence-corrected chi connectivity index (χ1v) is 10.6. The van der Waals surface area contributed by atoms with Crippen molar-refractivity contribution in [3.05, 3.63) is 75.2 Å². The lowest BCUT2D eigenvalue weighted by molar-refractivity contribution is 0.0914. The minimum atomic E-state index is -0.308. The average Bonchev–Trinajstić information content (AvgIpc) is 3.36. The normalized spacial score (nSPS) is 13.5. The third-order valence-electron chi connectivity index (χ3n) is 5.15. The van der Waals surface area contributed by atoms with E-state index in [1.165, 1.54) is 22.3 Å². The molecule has 0 radical (unpaired) electrons. The molecule has 5 rings (SSSR count). The summed E-state index contributed by atoms with van der Waals surface area (Å²) in [6.45, 7) is 1.37. The van der Waals surface area contributed by atoms with Gasteiger partial charge in [0, 0.05) is 39.1 Å². The zero-order chi connectivity index (χ0) is 19.8. The molecular formula is C22H18ClN3O2S. The number of para-hydroxylation sites is 1. The van der Waals surface area contributed by atoms with E-state index in [0.29, 0.717) is 18.1 Å². The Morgan fingerprint density at radius 2 is 2.03 bits per heavy atom. The SMILES string of the molecule is O=C(OCc1nc(-c2ccc(Cl)cc2)cs1)N1CCc2c([nH]c3ccccc23)C1. The van der Waals surface area contributed by atoms with Gasteiger partial charge in [-0.3, -0.25) is 0 Å². The second-order valence-corrected chi connectivity index (χ2v) is 8.37. The molecule has 3 heterocycles. The van der Waals surface area contributed by atoms with Crippen molar-refractivity contribution in [2.45, 2.75) is 19.6 Å². The smallest absolute Gasteiger partial charge is 0.410 e. The van der Waals surface area contributed by atoms with Crippen LogP contribution in [-0.4, -0.2) is 27.5 Å². The van der Waals surface area contributed by atoms with Crippen LogP contribution in [0.5, 0.6) is 0 Å². The number of hydrogen-bond acceptors (Lipinski definition) is 4. The number of thiazole rings is 1. The number of carbonyl (C=O) groups excluding carboxylic acids is 1. The van der Waals surface area contributed by atoms with Gasteiger partial charge in [-0.05, 0) is 30.2 Å². The van der Waals surface area contributed by atoms with Crippen molar-refractivity contribution in [1.29, 1.82) is 0 Å². The van der Waals surface area contributed by atoms with Gasteiger partial charge in [0.05, 0.1) is 12.2 Å². The maximum atomic E-state index is 12.6. The molecule has 0 saturated heterocycles. The standard InChI is InChI=1S/C22H18ClN3O2S/c23-15-7-5-14(6-8-15)20-13-29-21(25-20)12-28-22(27)26-10-9-17-16-3-1-2-4-18(16)24-19(17)11-26/h1-8,13,24H,9-12H2. The molecule has 0 saturated carbocycles. The third-order valence-corrected chi connectivity index (χ3v) is 6.23. The Balaban J connectivity index is 1.23. The van der Waals surface area contributed by atoms with Gasteiger partial charge in [0.15, 0.2) is 0 Å². The van der Waals surface area contributed by atoms with Crippen LogP contribution < -0.4 is 0 Å². The second kappa shape index (κ2) is 7.54. The van der Waals surface area contributed by atoms with Crippen LogP contribution >= 0.6 is 22.9 Å². The van der Waals surface area contributed by atoms with E-state index in [2.05, 4.69) is 22.1 Å². The quantitative estimate of drug-likeness (QED) is 0.464. The summed E-state index contributed by atoms with van der Waals surface area (Å²) in [7, 11) is 0. The highest BCUT2D eigenvalue weighted by atomic mass is 35.5. The number of fused-ring (bicyclic) bond motifs is 3. The monoisotopic (exact) mass is 423 g/mol. The largest absolute Gasteiger partial charge is 0.442 e. The number of aromatic nitrogens is 2. The molecule has 1 aliphatic heterocycles. The number of halogens is 1. The van der Waals surface area contributed by atoms with Crippen molar-refractivity contribution in [2.24, 2.45) is 0 Å². The Labute approximate surface area is 176 Å². The van der Waals surface area contributed by atoms with Crippen LogP contribution in [0.25, 0.3) is 22.2 Å². The molecule has 2 aromatic heterocycles. The minimum Gasteiger partial charge on any atom is -0.442 e. The Morgan fingerprint density at radius 1 is 1.21 bits per heavy atom. The average molecular weight is 424 g/mol. The lowest BCUT2D eigenvalue weighted by atomic mass is 10.0. The fourth-order valence-electron chi connectivity index (χ4n) is 3.69. The number of ether oxygens (including phenoxy) is 1. The highest BCUT2D eigenvalue weighted by Crippen LogP contribution is 2.28. The van der Waals surface area contributed by atoms with Gasteiger partial charge in [0.25, 0.3) is 0 Å². The van der Waals surface area contributed by atoms with Crippen LogP contribution in [0.1, 0.15) is 16.3 Å². The Bertz CT molecular complexity index is 1180. The summed E-state index contributed by atoms with van der Waals surface area (Å²) in [6, 6.07) is 15.8. The zero-order valence-corrected chi connectivity index (χ0v) is 17.1. The number of amides is 1. The molecule has 29 heavy (non-hydrogen) atoms. The maximum Gasteiger partial charge on any atom is 0.410 e. The molecular weight excluding hydrogens is 406 g/mol. The molecule has 1 amide bonds. The molecule has 1 aliphatic rings. The fourth-order valence-corrected chi connectivity index (χ4v) is 4.53.